The summed E-state index contributed by atoms with van der Waals surface area (Å²) in [6, 6.07) is 22.9. The Hall–Kier alpha value is -3.13. The lowest BCUT2D eigenvalue weighted by molar-refractivity contribution is -0.116. The average molecular weight is 565 g/mol. The number of para-hydroxylation sites is 1. The first-order valence-electron chi connectivity index (χ1n) is 14.1. The molecule has 0 saturated carbocycles. The number of hydrogen-bond donors (Lipinski definition) is 1. The first-order valence-corrected chi connectivity index (χ1v) is 14.5. The number of carbonyl (C=O) groups excluding carboxylic acids is 1. The number of nitrogens with one attached hydrogen (secondary N) is 1. The quantitative estimate of drug-likeness (QED) is 0.350. The van der Waals surface area contributed by atoms with Gasteiger partial charge < -0.3 is 15.0 Å². The minimum absolute atomic E-state index is 0.0307. The molecule has 2 saturated heterocycles. The second-order valence-corrected chi connectivity index (χ2v) is 11.2. The van der Waals surface area contributed by atoms with E-state index in [0.717, 1.165) is 75.1 Å². The van der Waals surface area contributed by atoms with Crippen LogP contribution in [-0.4, -0.2) is 68.1 Å². The van der Waals surface area contributed by atoms with Gasteiger partial charge in [-0.25, -0.2) is 4.39 Å². The number of carbonyl (C=O) groups is 1. The predicted octanol–water partition coefficient (Wildman–Crippen LogP) is 5.92. The number of amides is 1. The summed E-state index contributed by atoms with van der Waals surface area (Å²) in [6.07, 6.45) is 2.34. The third kappa shape index (κ3) is 7.33. The highest BCUT2D eigenvalue weighted by Gasteiger charge is 2.35. The van der Waals surface area contributed by atoms with Gasteiger partial charge in [0.1, 0.15) is 11.6 Å². The van der Waals surface area contributed by atoms with Crippen molar-refractivity contribution in [3.63, 3.8) is 0 Å². The Bertz CT molecular complexity index is 1250. The maximum Gasteiger partial charge on any atom is 0.224 e. The number of methoxy groups -OCH3 is 1. The normalized spacial score (nSPS) is 20.3. The Balaban J connectivity index is 1.22. The van der Waals surface area contributed by atoms with E-state index in [0.29, 0.717) is 24.1 Å². The van der Waals surface area contributed by atoms with Gasteiger partial charge >= 0.3 is 0 Å². The lowest BCUT2D eigenvalue weighted by Gasteiger charge is -2.47. The van der Waals surface area contributed by atoms with E-state index in [2.05, 4.69) is 32.1 Å². The molecule has 0 aliphatic carbocycles. The zero-order valence-corrected chi connectivity index (χ0v) is 23.8. The molecular formula is C32H38ClFN4O2. The summed E-state index contributed by atoms with van der Waals surface area (Å²) in [4.78, 5) is 20.1. The molecule has 0 aromatic heterocycles. The van der Waals surface area contributed by atoms with E-state index in [1.165, 1.54) is 11.6 Å². The highest BCUT2D eigenvalue weighted by molar-refractivity contribution is 6.30. The van der Waals surface area contributed by atoms with Crippen LogP contribution in [0.15, 0.2) is 72.8 Å². The van der Waals surface area contributed by atoms with Crippen LogP contribution in [0.1, 0.15) is 24.8 Å². The van der Waals surface area contributed by atoms with Gasteiger partial charge in [-0.2, -0.15) is 0 Å². The number of ether oxygens (including phenoxy) is 1. The Morgan fingerprint density at radius 1 is 0.975 bits per heavy atom. The molecule has 1 amide bonds. The Labute approximate surface area is 241 Å². The highest BCUT2D eigenvalue weighted by atomic mass is 35.5. The van der Waals surface area contributed by atoms with Gasteiger partial charge in [-0.15, -0.1) is 0 Å². The van der Waals surface area contributed by atoms with Crippen molar-refractivity contribution in [3.8, 4) is 5.75 Å². The fourth-order valence-corrected chi connectivity index (χ4v) is 6.19. The fraction of sp³-hybridized carbons (Fsp3) is 0.406. The Kier molecular flexibility index (Phi) is 9.57. The van der Waals surface area contributed by atoms with Gasteiger partial charge in [0.25, 0.3) is 0 Å². The van der Waals surface area contributed by atoms with E-state index in [4.69, 9.17) is 16.3 Å². The minimum Gasteiger partial charge on any atom is -0.497 e. The molecule has 0 spiro atoms. The summed E-state index contributed by atoms with van der Waals surface area (Å²) in [6.45, 7) is 6.22. The third-order valence-corrected chi connectivity index (χ3v) is 8.44. The van der Waals surface area contributed by atoms with Crippen LogP contribution in [-0.2, 0) is 11.3 Å². The van der Waals surface area contributed by atoms with Gasteiger partial charge in [0.2, 0.25) is 5.91 Å². The minimum atomic E-state index is -0.160. The van der Waals surface area contributed by atoms with Crippen molar-refractivity contribution >= 4 is 28.9 Å². The maximum atomic E-state index is 14.4. The molecule has 1 N–H and O–H groups in total. The molecule has 2 heterocycles. The number of benzene rings is 3. The van der Waals surface area contributed by atoms with Crippen LogP contribution in [0.25, 0.3) is 0 Å². The second kappa shape index (κ2) is 13.5. The number of rotatable bonds is 9. The summed E-state index contributed by atoms with van der Waals surface area (Å²) >= 11 is 6.10. The number of nitrogens with zero attached hydrogens (tertiary/aromatic N) is 3. The number of piperazine rings is 1. The Morgan fingerprint density at radius 2 is 1.70 bits per heavy atom. The van der Waals surface area contributed by atoms with Gasteiger partial charge in [-0.3, -0.25) is 14.6 Å². The van der Waals surface area contributed by atoms with Crippen LogP contribution in [0.5, 0.6) is 5.75 Å². The zero-order chi connectivity index (χ0) is 27.9. The summed E-state index contributed by atoms with van der Waals surface area (Å²) in [5.74, 6) is 0.997. The highest BCUT2D eigenvalue weighted by Crippen LogP contribution is 2.30. The molecule has 8 heteroatoms. The molecule has 2 aliphatic rings. The monoisotopic (exact) mass is 564 g/mol. The van der Waals surface area contributed by atoms with Crippen LogP contribution in [0, 0.1) is 11.7 Å². The number of halogens is 2. The molecule has 212 valence electrons. The van der Waals surface area contributed by atoms with Crippen molar-refractivity contribution in [3.05, 3.63) is 89.2 Å². The van der Waals surface area contributed by atoms with E-state index >= 15 is 0 Å². The van der Waals surface area contributed by atoms with Gasteiger partial charge in [0, 0.05) is 62.4 Å². The standard InChI is InChI=1S/C32H38ClFN4O2/c1-40-28-13-11-27(12-14-28)35-32(39)15-8-25-23-36(22-24-6-9-26(33)10-7-24)17-16-30(25)37-18-20-38(21-19-37)31-5-3-2-4-29(31)34/h2-7,9-14,25,30H,8,15-23H2,1H3,(H,35,39)/t25-,30+/m0/s1. The molecule has 2 fully saturated rings. The first-order chi connectivity index (χ1) is 19.5. The molecule has 0 unspecified atom stereocenters. The van der Waals surface area contributed by atoms with Crippen LogP contribution in [0.4, 0.5) is 15.8 Å². The lowest BCUT2D eigenvalue weighted by atomic mass is 9.86. The van der Waals surface area contributed by atoms with Crippen LogP contribution in [0.3, 0.4) is 0 Å². The van der Waals surface area contributed by atoms with E-state index in [-0.39, 0.29) is 11.7 Å². The summed E-state index contributed by atoms with van der Waals surface area (Å²) < 4.78 is 19.6. The summed E-state index contributed by atoms with van der Waals surface area (Å²) in [7, 11) is 1.63. The molecule has 2 atom stereocenters. The van der Waals surface area contributed by atoms with Crippen LogP contribution < -0.4 is 15.0 Å². The molecule has 2 aliphatic heterocycles. The third-order valence-electron chi connectivity index (χ3n) is 8.19. The molecule has 0 radical (unpaired) electrons. The van der Waals surface area contributed by atoms with Crippen molar-refractivity contribution < 1.29 is 13.9 Å². The van der Waals surface area contributed by atoms with Gasteiger partial charge in [0.15, 0.2) is 0 Å². The average Bonchev–Trinajstić information content (AvgIpc) is 2.98. The second-order valence-electron chi connectivity index (χ2n) is 10.8. The molecule has 3 aromatic rings. The van der Waals surface area contributed by atoms with E-state index in [9.17, 15) is 9.18 Å². The van der Waals surface area contributed by atoms with Gasteiger partial charge in [-0.1, -0.05) is 35.9 Å². The van der Waals surface area contributed by atoms with Crippen molar-refractivity contribution in [2.24, 2.45) is 5.92 Å². The topological polar surface area (TPSA) is 48.1 Å². The van der Waals surface area contributed by atoms with Crippen molar-refractivity contribution in [2.75, 3.05) is 56.6 Å². The summed E-state index contributed by atoms with van der Waals surface area (Å²) in [5, 5.41) is 3.78. The fourth-order valence-electron chi connectivity index (χ4n) is 6.07. The number of likely N-dealkylation sites (tertiary alicyclic amines) is 1. The molecule has 6 nitrogen and oxygen atoms in total. The van der Waals surface area contributed by atoms with Gasteiger partial charge in [-0.05, 0) is 79.4 Å². The molecular weight excluding hydrogens is 527 g/mol. The van der Waals surface area contributed by atoms with Crippen LogP contribution >= 0.6 is 11.6 Å². The van der Waals surface area contributed by atoms with E-state index in [1.807, 2.05) is 48.5 Å². The molecule has 40 heavy (non-hydrogen) atoms. The van der Waals surface area contributed by atoms with Crippen molar-refractivity contribution in [1.29, 1.82) is 0 Å². The van der Waals surface area contributed by atoms with E-state index in [1.54, 1.807) is 13.2 Å². The smallest absolute Gasteiger partial charge is 0.224 e. The van der Waals surface area contributed by atoms with Crippen molar-refractivity contribution in [2.45, 2.75) is 31.8 Å². The van der Waals surface area contributed by atoms with Gasteiger partial charge in [0.05, 0.1) is 12.8 Å². The van der Waals surface area contributed by atoms with Crippen molar-refractivity contribution in [1.82, 2.24) is 9.80 Å². The predicted molar refractivity (Wildman–Crippen MR) is 160 cm³/mol. The zero-order valence-electron chi connectivity index (χ0n) is 23.1. The molecule has 5 rings (SSSR count). The molecule has 0 bridgehead atoms. The summed E-state index contributed by atoms with van der Waals surface area (Å²) in [5.41, 5.74) is 2.71. The number of anilines is 2. The first kappa shape index (κ1) is 28.4. The van der Waals surface area contributed by atoms with E-state index < -0.39 is 0 Å². The largest absolute Gasteiger partial charge is 0.497 e. The lowest BCUT2D eigenvalue weighted by Crippen LogP contribution is -2.56. The molecule has 3 aromatic carbocycles. The number of hydrogen-bond acceptors (Lipinski definition) is 5. The number of piperidine rings is 1. The Morgan fingerprint density at radius 3 is 2.40 bits per heavy atom. The maximum absolute atomic E-state index is 14.4. The SMILES string of the molecule is COc1ccc(NC(=O)CC[C@H]2CN(Cc3ccc(Cl)cc3)CC[C@H]2N2CCN(c3ccccc3F)CC2)cc1. The van der Waals surface area contributed by atoms with Crippen LogP contribution in [0.2, 0.25) is 5.02 Å².